The average Bonchev–Trinajstić information content (AvgIpc) is 2.12. The Hall–Kier alpha value is 0.500. The highest BCUT2D eigenvalue weighted by Gasteiger charge is 2.45. The van der Waals surface area contributed by atoms with E-state index in [1.807, 2.05) is 6.92 Å². The van der Waals surface area contributed by atoms with Crippen LogP contribution in [0.15, 0.2) is 0 Å². The fraction of sp³-hybridized carbons (Fsp3) is 0.889. The van der Waals surface area contributed by atoms with E-state index in [-0.39, 0.29) is 6.42 Å². The topological polar surface area (TPSA) is 118 Å². The Morgan fingerprint density at radius 2 is 1.89 bits per heavy atom. The first-order valence-corrected chi connectivity index (χ1v) is 9.04. The van der Waals surface area contributed by atoms with Crippen molar-refractivity contribution in [3.8, 4) is 0 Å². The van der Waals surface area contributed by atoms with E-state index in [4.69, 9.17) is 14.9 Å². The predicted octanol–water partition coefficient (Wildman–Crippen LogP) is 2.54. The average molecular weight is 427 g/mol. The molecule has 1 atom stereocenters. The molecule has 0 rings (SSSR count). The van der Waals surface area contributed by atoms with Gasteiger partial charge in [-0.3, -0.25) is 4.57 Å². The summed E-state index contributed by atoms with van der Waals surface area (Å²) in [5.74, 6) is -1.41. The van der Waals surface area contributed by atoms with Crippen LogP contribution in [-0.4, -0.2) is 41.7 Å². The Kier molecular flexibility index (Phi) is 7.69. The summed E-state index contributed by atoms with van der Waals surface area (Å²) in [6.07, 6.45) is 1.55. The molecule has 0 amide bonds. The van der Waals surface area contributed by atoms with Crippen molar-refractivity contribution >= 4 is 45.4 Å². The van der Waals surface area contributed by atoms with Gasteiger partial charge in [-0.1, -0.05) is 19.8 Å². The number of carbonyl (C=O) groups is 1. The Morgan fingerprint density at radius 1 is 1.37 bits per heavy atom. The number of halogens is 2. The van der Waals surface area contributed by atoms with Crippen LogP contribution >= 0.6 is 39.5 Å². The first kappa shape index (κ1) is 19.5. The number of nitrogens with zero attached hydrogens (tertiary/aromatic N) is 1. The molecule has 0 radical (unpaired) electrons. The highest BCUT2D eigenvalue weighted by atomic mass is 79.9. The molecule has 1 unspecified atom stereocenters. The van der Waals surface area contributed by atoms with Crippen molar-refractivity contribution in [1.29, 1.82) is 0 Å². The van der Waals surface area contributed by atoms with E-state index in [0.29, 0.717) is 6.42 Å². The number of alkyl halides is 2. The van der Waals surface area contributed by atoms with E-state index in [1.165, 1.54) is 0 Å². The van der Waals surface area contributed by atoms with Crippen LogP contribution in [0.4, 0.5) is 0 Å². The quantitative estimate of drug-likeness (QED) is 0.130. The van der Waals surface area contributed by atoms with Gasteiger partial charge in [0.15, 0.2) is 12.8 Å². The number of quaternary nitrogens is 1. The van der Waals surface area contributed by atoms with Gasteiger partial charge in [-0.05, 0) is 38.3 Å². The number of unbranched alkanes of at least 4 members (excludes halogenated alkanes) is 2. The van der Waals surface area contributed by atoms with Gasteiger partial charge in [-0.2, -0.15) is 0 Å². The summed E-state index contributed by atoms with van der Waals surface area (Å²) in [5.41, 5.74) is 0. The van der Waals surface area contributed by atoms with Crippen molar-refractivity contribution in [3.63, 3.8) is 0 Å². The maximum Gasteiger partial charge on any atom is 0.379 e. The first-order valence-electron chi connectivity index (χ1n) is 5.66. The van der Waals surface area contributed by atoms with Crippen LogP contribution in [0.1, 0.15) is 32.6 Å². The lowest BCUT2D eigenvalue weighted by atomic mass is 10.2. The molecule has 0 bridgehead atoms. The maximum absolute atomic E-state index is 12.5. The molecule has 0 aliphatic carbocycles. The third-order valence-corrected chi connectivity index (χ3v) is 5.39. The zero-order chi connectivity index (χ0) is 15.3. The summed E-state index contributed by atoms with van der Waals surface area (Å²) < 4.78 is 8.05. The molecule has 0 aliphatic heterocycles. The van der Waals surface area contributed by atoms with Gasteiger partial charge < -0.3 is 24.7 Å². The van der Waals surface area contributed by atoms with Gasteiger partial charge in [0.25, 0.3) is 0 Å². The van der Waals surface area contributed by atoms with Gasteiger partial charge in [0, 0.05) is 6.42 Å². The molecule has 0 aromatic rings. The van der Waals surface area contributed by atoms with E-state index >= 15 is 0 Å². The molecule has 114 valence electrons. The van der Waals surface area contributed by atoms with Gasteiger partial charge in [0.05, 0.1) is 0 Å². The summed E-state index contributed by atoms with van der Waals surface area (Å²) in [6, 6.07) is 0. The van der Waals surface area contributed by atoms with Crippen molar-refractivity contribution < 1.29 is 28.9 Å². The molecular weight excluding hydrogens is 409 g/mol. The Bertz CT molecular complexity index is 361. The standard InChI is InChI=1S/C9H18Br2NO6P/c1-2-3-4-5-9(10,11)12(15,6-8(13)14)7-19(16,17)18/h2-7H2,1H3,(H,13,14)(H2,16,17,18). The molecule has 0 fully saturated rings. The Labute approximate surface area is 128 Å². The van der Waals surface area contributed by atoms with Crippen LogP contribution in [0.2, 0.25) is 0 Å². The number of hydrogen-bond donors (Lipinski definition) is 3. The lowest BCUT2D eigenvalue weighted by Crippen LogP contribution is -2.56. The summed E-state index contributed by atoms with van der Waals surface area (Å²) in [5, 5.41) is 21.3. The third-order valence-electron chi connectivity index (χ3n) is 2.48. The van der Waals surface area contributed by atoms with Gasteiger partial charge >= 0.3 is 13.6 Å². The second-order valence-corrected chi connectivity index (χ2v) is 9.67. The third kappa shape index (κ3) is 7.17. The minimum absolute atomic E-state index is 0.262. The first-order chi connectivity index (χ1) is 8.43. The molecule has 19 heavy (non-hydrogen) atoms. The van der Waals surface area contributed by atoms with Crippen molar-refractivity contribution in [2.45, 2.75) is 36.0 Å². The lowest BCUT2D eigenvalue weighted by molar-refractivity contribution is -0.879. The Morgan fingerprint density at radius 3 is 2.26 bits per heavy atom. The number of rotatable bonds is 9. The Balaban J connectivity index is 5.09. The van der Waals surface area contributed by atoms with Crippen LogP contribution in [0.5, 0.6) is 0 Å². The van der Waals surface area contributed by atoms with Gasteiger partial charge in [0.2, 0.25) is 3.36 Å². The van der Waals surface area contributed by atoms with Crippen LogP contribution in [0, 0.1) is 5.21 Å². The van der Waals surface area contributed by atoms with Gasteiger partial charge in [-0.25, -0.2) is 4.79 Å². The summed E-state index contributed by atoms with van der Waals surface area (Å²) in [4.78, 5) is 28.7. The molecule has 0 aromatic carbocycles. The molecule has 7 nitrogen and oxygen atoms in total. The summed E-state index contributed by atoms with van der Waals surface area (Å²) in [6.45, 7) is 1.03. The molecule has 0 heterocycles. The number of hydroxylamine groups is 3. The second kappa shape index (κ2) is 7.49. The van der Waals surface area contributed by atoms with Crippen LogP contribution < -0.4 is 0 Å². The van der Waals surface area contributed by atoms with Crippen LogP contribution in [0.25, 0.3) is 0 Å². The van der Waals surface area contributed by atoms with Crippen LogP contribution in [0.3, 0.4) is 0 Å². The van der Waals surface area contributed by atoms with Crippen molar-refractivity contribution in [3.05, 3.63) is 5.21 Å². The van der Waals surface area contributed by atoms with Gasteiger partial charge in [0.1, 0.15) is 0 Å². The molecule has 0 saturated carbocycles. The van der Waals surface area contributed by atoms with Crippen molar-refractivity contribution in [1.82, 2.24) is 0 Å². The van der Waals surface area contributed by atoms with Crippen LogP contribution in [-0.2, 0) is 9.36 Å². The molecule has 0 spiro atoms. The van der Waals surface area contributed by atoms with E-state index < -0.39 is 34.4 Å². The normalized spacial score (nSPS) is 16.1. The number of carboxylic acid groups (broad SMARTS) is 1. The van der Waals surface area contributed by atoms with E-state index in [1.54, 1.807) is 0 Å². The minimum Gasteiger partial charge on any atom is -0.630 e. The number of aliphatic carboxylic acids is 1. The SMILES string of the molecule is CCCCCC(Br)(Br)[N+]([O-])(CC(=O)O)CP(=O)(O)O. The molecule has 10 heteroatoms. The van der Waals surface area contributed by atoms with Crippen molar-refractivity contribution in [2.75, 3.05) is 12.8 Å². The van der Waals surface area contributed by atoms with E-state index in [2.05, 4.69) is 31.9 Å². The number of carboxylic acids is 1. The minimum atomic E-state index is -4.64. The highest BCUT2D eigenvalue weighted by Crippen LogP contribution is 2.48. The lowest BCUT2D eigenvalue weighted by Gasteiger charge is -2.49. The van der Waals surface area contributed by atoms with E-state index in [0.717, 1.165) is 12.8 Å². The largest absolute Gasteiger partial charge is 0.630 e. The predicted molar refractivity (Wildman–Crippen MR) is 77.8 cm³/mol. The fourth-order valence-electron chi connectivity index (χ4n) is 1.58. The summed E-state index contributed by atoms with van der Waals surface area (Å²) >= 11 is 6.17. The zero-order valence-corrected chi connectivity index (χ0v) is 14.5. The van der Waals surface area contributed by atoms with E-state index in [9.17, 15) is 14.6 Å². The monoisotopic (exact) mass is 425 g/mol. The maximum atomic E-state index is 12.5. The zero-order valence-electron chi connectivity index (χ0n) is 10.5. The highest BCUT2D eigenvalue weighted by molar-refractivity contribution is 9.25. The van der Waals surface area contributed by atoms with Gasteiger partial charge in [-0.15, -0.1) is 0 Å². The molecule has 0 aromatic heterocycles. The second-order valence-electron chi connectivity index (χ2n) is 4.37. The molecule has 3 N–H and O–H groups in total. The smallest absolute Gasteiger partial charge is 0.379 e. The number of hydrogen-bond acceptors (Lipinski definition) is 3. The van der Waals surface area contributed by atoms with Crippen molar-refractivity contribution in [2.24, 2.45) is 0 Å². The molecular formula is C9H18Br2NO6P. The molecule has 0 aliphatic rings. The fourth-order valence-corrected chi connectivity index (χ4v) is 3.96. The molecule has 0 saturated heterocycles. The summed E-state index contributed by atoms with van der Waals surface area (Å²) in [7, 11) is -4.64.